The van der Waals surface area contributed by atoms with Crippen LogP contribution in [0.25, 0.3) is 0 Å². The first-order valence-electron chi connectivity index (χ1n) is 8.37. The van der Waals surface area contributed by atoms with E-state index in [0.717, 1.165) is 57.9 Å². The van der Waals surface area contributed by atoms with Gasteiger partial charge in [-0.1, -0.05) is 13.3 Å². The van der Waals surface area contributed by atoms with E-state index in [1.54, 1.807) is 6.07 Å². The second-order valence-corrected chi connectivity index (χ2v) is 5.71. The molecule has 23 heavy (non-hydrogen) atoms. The third-order valence-corrected chi connectivity index (χ3v) is 3.72. The van der Waals surface area contributed by atoms with Crippen molar-refractivity contribution >= 4 is 11.9 Å². The highest BCUT2D eigenvalue weighted by molar-refractivity contribution is 5.92. The standard InChI is InChI=1S/C16H27N5O2/c1-3-4-5-17-15(22)14-12-13(2)19-16(20-14)18-6-7-21-8-10-23-11-9-21/h12H,3-11H2,1-2H3,(H,17,22)(H,18,19,20). The number of hydrogen-bond donors (Lipinski definition) is 2. The summed E-state index contributed by atoms with van der Waals surface area (Å²) in [6.45, 7) is 9.82. The number of aromatic nitrogens is 2. The van der Waals surface area contributed by atoms with Gasteiger partial charge in [-0.2, -0.15) is 0 Å². The number of nitrogens with one attached hydrogen (secondary N) is 2. The van der Waals surface area contributed by atoms with E-state index in [1.165, 1.54) is 0 Å². The third kappa shape index (κ3) is 6.11. The first kappa shape index (κ1) is 17.6. The van der Waals surface area contributed by atoms with Gasteiger partial charge in [-0.25, -0.2) is 9.97 Å². The molecule has 7 heteroatoms. The number of unbranched alkanes of at least 4 members (excludes halogenated alkanes) is 1. The van der Waals surface area contributed by atoms with Crippen LogP contribution in [0.3, 0.4) is 0 Å². The fourth-order valence-corrected chi connectivity index (χ4v) is 2.38. The Morgan fingerprint density at radius 3 is 2.83 bits per heavy atom. The number of hydrogen-bond acceptors (Lipinski definition) is 6. The number of carbonyl (C=O) groups is 1. The van der Waals surface area contributed by atoms with Crippen LogP contribution in [0.2, 0.25) is 0 Å². The second-order valence-electron chi connectivity index (χ2n) is 5.71. The van der Waals surface area contributed by atoms with Gasteiger partial charge in [0.25, 0.3) is 5.91 Å². The zero-order valence-corrected chi connectivity index (χ0v) is 14.1. The van der Waals surface area contributed by atoms with Gasteiger partial charge in [-0.3, -0.25) is 9.69 Å². The molecule has 1 aliphatic rings. The Labute approximate surface area is 137 Å². The van der Waals surface area contributed by atoms with Crippen molar-refractivity contribution in [3.63, 3.8) is 0 Å². The van der Waals surface area contributed by atoms with E-state index in [4.69, 9.17) is 4.74 Å². The molecule has 1 aliphatic heterocycles. The molecule has 0 saturated carbocycles. The van der Waals surface area contributed by atoms with E-state index in [0.29, 0.717) is 18.2 Å². The van der Waals surface area contributed by atoms with Gasteiger partial charge in [0.15, 0.2) is 0 Å². The predicted octanol–water partition coefficient (Wildman–Crippen LogP) is 1.06. The van der Waals surface area contributed by atoms with Crippen LogP contribution in [-0.4, -0.2) is 66.7 Å². The maximum atomic E-state index is 12.1. The summed E-state index contributed by atoms with van der Waals surface area (Å²) in [5.74, 6) is 0.374. The fourth-order valence-electron chi connectivity index (χ4n) is 2.38. The molecule has 2 rings (SSSR count). The topological polar surface area (TPSA) is 79.4 Å². The van der Waals surface area contributed by atoms with Crippen molar-refractivity contribution in [1.82, 2.24) is 20.2 Å². The van der Waals surface area contributed by atoms with Crippen molar-refractivity contribution in [3.05, 3.63) is 17.5 Å². The van der Waals surface area contributed by atoms with Crippen LogP contribution in [0.5, 0.6) is 0 Å². The van der Waals surface area contributed by atoms with Crippen molar-refractivity contribution in [2.24, 2.45) is 0 Å². The maximum absolute atomic E-state index is 12.1. The highest BCUT2D eigenvalue weighted by Crippen LogP contribution is 2.05. The second kappa shape index (κ2) is 9.42. The summed E-state index contributed by atoms with van der Waals surface area (Å²) >= 11 is 0. The average Bonchev–Trinajstić information content (AvgIpc) is 2.55. The molecule has 0 bridgehead atoms. The van der Waals surface area contributed by atoms with Gasteiger partial charge in [-0.15, -0.1) is 0 Å². The smallest absolute Gasteiger partial charge is 0.270 e. The average molecular weight is 321 g/mol. The van der Waals surface area contributed by atoms with Gasteiger partial charge in [0.1, 0.15) is 5.69 Å². The van der Waals surface area contributed by atoms with E-state index in [9.17, 15) is 4.79 Å². The molecule has 0 aromatic carbocycles. The Bertz CT molecular complexity index is 503. The number of nitrogens with zero attached hydrogens (tertiary/aromatic N) is 3. The summed E-state index contributed by atoms with van der Waals surface area (Å²) in [6.07, 6.45) is 2.03. The van der Waals surface area contributed by atoms with Crippen LogP contribution < -0.4 is 10.6 Å². The summed E-state index contributed by atoms with van der Waals surface area (Å²) < 4.78 is 5.33. The zero-order valence-electron chi connectivity index (χ0n) is 14.1. The number of carbonyl (C=O) groups excluding carboxylic acids is 1. The van der Waals surface area contributed by atoms with E-state index in [1.807, 2.05) is 6.92 Å². The quantitative estimate of drug-likeness (QED) is 0.697. The minimum absolute atomic E-state index is 0.139. The minimum Gasteiger partial charge on any atom is -0.379 e. The van der Waals surface area contributed by atoms with E-state index >= 15 is 0 Å². The Kier molecular flexibility index (Phi) is 7.22. The molecule has 0 spiro atoms. The number of morpholine rings is 1. The van der Waals surface area contributed by atoms with Crippen molar-refractivity contribution in [1.29, 1.82) is 0 Å². The molecule has 2 heterocycles. The summed E-state index contributed by atoms with van der Waals surface area (Å²) in [5, 5.41) is 6.09. The van der Waals surface area contributed by atoms with E-state index in [2.05, 4.69) is 32.4 Å². The van der Waals surface area contributed by atoms with E-state index < -0.39 is 0 Å². The molecular formula is C16H27N5O2. The highest BCUT2D eigenvalue weighted by atomic mass is 16.5. The first-order valence-corrected chi connectivity index (χ1v) is 8.37. The molecule has 1 saturated heterocycles. The lowest BCUT2D eigenvalue weighted by Gasteiger charge is -2.26. The maximum Gasteiger partial charge on any atom is 0.270 e. The fraction of sp³-hybridized carbons (Fsp3) is 0.688. The van der Waals surface area contributed by atoms with Crippen LogP contribution >= 0.6 is 0 Å². The van der Waals surface area contributed by atoms with Crippen molar-refractivity contribution in [2.75, 3.05) is 51.3 Å². The number of rotatable bonds is 8. The molecule has 1 amide bonds. The Balaban J connectivity index is 1.84. The predicted molar refractivity (Wildman–Crippen MR) is 89.8 cm³/mol. The molecule has 1 aromatic heterocycles. The molecular weight excluding hydrogens is 294 g/mol. The number of anilines is 1. The van der Waals surface area contributed by atoms with Gasteiger partial charge in [0, 0.05) is 38.4 Å². The molecule has 1 fully saturated rings. The monoisotopic (exact) mass is 321 g/mol. The molecule has 7 nitrogen and oxygen atoms in total. The van der Waals surface area contributed by atoms with Crippen molar-refractivity contribution in [2.45, 2.75) is 26.7 Å². The van der Waals surface area contributed by atoms with Gasteiger partial charge >= 0.3 is 0 Å². The van der Waals surface area contributed by atoms with Gasteiger partial charge in [0.05, 0.1) is 13.2 Å². The zero-order chi connectivity index (χ0) is 16.5. The van der Waals surface area contributed by atoms with Gasteiger partial charge in [-0.05, 0) is 19.4 Å². The Morgan fingerprint density at radius 1 is 1.30 bits per heavy atom. The van der Waals surface area contributed by atoms with Crippen LogP contribution in [0, 0.1) is 6.92 Å². The van der Waals surface area contributed by atoms with E-state index in [-0.39, 0.29) is 5.91 Å². The van der Waals surface area contributed by atoms with Crippen LogP contribution in [0.1, 0.15) is 35.9 Å². The minimum atomic E-state index is -0.139. The Hall–Kier alpha value is -1.73. The highest BCUT2D eigenvalue weighted by Gasteiger charge is 2.12. The third-order valence-electron chi connectivity index (χ3n) is 3.72. The summed E-state index contributed by atoms with van der Waals surface area (Å²) in [7, 11) is 0. The normalized spacial score (nSPS) is 15.4. The van der Waals surface area contributed by atoms with Gasteiger partial charge < -0.3 is 15.4 Å². The van der Waals surface area contributed by atoms with Crippen LogP contribution in [-0.2, 0) is 4.74 Å². The molecule has 0 aliphatic carbocycles. The van der Waals surface area contributed by atoms with Crippen LogP contribution in [0.15, 0.2) is 6.07 Å². The lowest BCUT2D eigenvalue weighted by molar-refractivity contribution is 0.0398. The largest absolute Gasteiger partial charge is 0.379 e. The van der Waals surface area contributed by atoms with Crippen LogP contribution in [0.4, 0.5) is 5.95 Å². The first-order chi connectivity index (χ1) is 11.2. The number of amides is 1. The number of ether oxygens (including phenoxy) is 1. The molecule has 0 unspecified atom stereocenters. The van der Waals surface area contributed by atoms with Crippen molar-refractivity contribution in [3.8, 4) is 0 Å². The molecule has 128 valence electrons. The van der Waals surface area contributed by atoms with Crippen molar-refractivity contribution < 1.29 is 9.53 Å². The molecule has 0 atom stereocenters. The summed E-state index contributed by atoms with van der Waals surface area (Å²) in [4.78, 5) is 23.1. The lowest BCUT2D eigenvalue weighted by Crippen LogP contribution is -2.39. The summed E-state index contributed by atoms with van der Waals surface area (Å²) in [5.41, 5.74) is 1.21. The molecule has 2 N–H and O–H groups in total. The molecule has 1 aromatic rings. The SMILES string of the molecule is CCCCNC(=O)c1cc(C)nc(NCCN2CCOCC2)n1. The molecule has 0 radical (unpaired) electrons. The number of aryl methyl sites for hydroxylation is 1. The Morgan fingerprint density at radius 2 is 2.09 bits per heavy atom. The lowest BCUT2D eigenvalue weighted by atomic mass is 10.3. The van der Waals surface area contributed by atoms with Gasteiger partial charge in [0.2, 0.25) is 5.95 Å². The summed E-state index contributed by atoms with van der Waals surface area (Å²) in [6, 6.07) is 1.72.